The number of hydrogen-bond donors (Lipinski definition) is 2. The van der Waals surface area contributed by atoms with Gasteiger partial charge in [-0.25, -0.2) is 17.9 Å². The Morgan fingerprint density at radius 1 is 1.15 bits per heavy atom. The highest BCUT2D eigenvalue weighted by Gasteiger charge is 2.14. The smallest absolute Gasteiger partial charge is 0.336 e. The fourth-order valence-electron chi connectivity index (χ4n) is 1.78. The van der Waals surface area contributed by atoms with Crippen LogP contribution in [0.1, 0.15) is 12.8 Å². The molecule has 0 saturated heterocycles. The molecule has 7 heteroatoms. The third-order valence-corrected chi connectivity index (χ3v) is 4.28. The molecule has 20 heavy (non-hydrogen) atoms. The standard InChI is InChI=1S/C13H16N2O4S/c14-7-1-2-8-15-20(17,18)11-4-5-12-10(9-11)3-6-13(16)19-12/h3-6,9,15H,1-2,7-8,14H2. The molecule has 0 unspecified atom stereocenters. The molecule has 0 saturated carbocycles. The van der Waals surface area contributed by atoms with Crippen molar-refractivity contribution in [3.05, 3.63) is 40.8 Å². The molecule has 0 aliphatic heterocycles. The molecule has 108 valence electrons. The predicted molar refractivity (Wildman–Crippen MR) is 76.0 cm³/mol. The number of nitrogens with two attached hydrogens (primary N) is 1. The lowest BCUT2D eigenvalue weighted by atomic mass is 10.2. The molecule has 0 radical (unpaired) electrons. The largest absolute Gasteiger partial charge is 0.423 e. The van der Waals surface area contributed by atoms with Gasteiger partial charge in [-0.1, -0.05) is 0 Å². The molecule has 2 rings (SSSR count). The van der Waals surface area contributed by atoms with Crippen LogP contribution in [0.3, 0.4) is 0 Å². The highest BCUT2D eigenvalue weighted by molar-refractivity contribution is 7.89. The number of unbranched alkanes of at least 4 members (excludes halogenated alkanes) is 1. The van der Waals surface area contributed by atoms with Crippen molar-refractivity contribution in [3.63, 3.8) is 0 Å². The second kappa shape index (κ2) is 6.17. The lowest BCUT2D eigenvalue weighted by Crippen LogP contribution is -2.25. The maximum atomic E-state index is 12.1. The number of rotatable bonds is 6. The zero-order valence-electron chi connectivity index (χ0n) is 10.8. The van der Waals surface area contributed by atoms with Crippen molar-refractivity contribution in [1.82, 2.24) is 4.72 Å². The fourth-order valence-corrected chi connectivity index (χ4v) is 2.89. The SMILES string of the molecule is NCCCCNS(=O)(=O)c1ccc2oc(=O)ccc2c1. The molecule has 0 aliphatic rings. The number of hydrogen-bond acceptors (Lipinski definition) is 5. The second-order valence-corrected chi connectivity index (χ2v) is 6.11. The van der Waals surface area contributed by atoms with Crippen LogP contribution >= 0.6 is 0 Å². The summed E-state index contributed by atoms with van der Waals surface area (Å²) in [6.45, 7) is 0.887. The first-order valence-corrected chi connectivity index (χ1v) is 7.75. The summed E-state index contributed by atoms with van der Waals surface area (Å²) in [5, 5.41) is 0.564. The zero-order valence-corrected chi connectivity index (χ0v) is 11.7. The van der Waals surface area contributed by atoms with Crippen LogP contribution in [0.4, 0.5) is 0 Å². The van der Waals surface area contributed by atoms with Gasteiger partial charge in [-0.2, -0.15) is 0 Å². The van der Waals surface area contributed by atoms with Crippen molar-refractivity contribution in [2.24, 2.45) is 5.73 Å². The summed E-state index contributed by atoms with van der Waals surface area (Å²) in [6.07, 6.45) is 1.46. The first kappa shape index (κ1) is 14.7. The molecule has 0 fully saturated rings. The van der Waals surface area contributed by atoms with E-state index in [1.54, 1.807) is 0 Å². The van der Waals surface area contributed by atoms with Gasteiger partial charge >= 0.3 is 5.63 Å². The van der Waals surface area contributed by atoms with Crippen LogP contribution in [0.15, 0.2) is 44.4 Å². The summed E-state index contributed by atoms with van der Waals surface area (Å²) >= 11 is 0. The number of fused-ring (bicyclic) bond motifs is 1. The monoisotopic (exact) mass is 296 g/mol. The summed E-state index contributed by atoms with van der Waals surface area (Å²) < 4.78 is 31.6. The Balaban J connectivity index is 2.23. The molecule has 0 spiro atoms. The Bertz CT molecular complexity index is 752. The third kappa shape index (κ3) is 3.44. The van der Waals surface area contributed by atoms with Crippen molar-refractivity contribution < 1.29 is 12.8 Å². The molecule has 0 amide bonds. The fraction of sp³-hybridized carbons (Fsp3) is 0.308. The Labute approximate surface area is 116 Å². The number of benzene rings is 1. The number of nitrogens with one attached hydrogen (secondary N) is 1. The topological polar surface area (TPSA) is 102 Å². The summed E-state index contributed by atoms with van der Waals surface area (Å²) in [6, 6.07) is 7.16. The quantitative estimate of drug-likeness (QED) is 0.606. The zero-order chi connectivity index (χ0) is 14.6. The van der Waals surface area contributed by atoms with Gasteiger partial charge in [0, 0.05) is 18.0 Å². The van der Waals surface area contributed by atoms with Crippen LogP contribution in [0, 0.1) is 0 Å². The summed E-state index contributed by atoms with van der Waals surface area (Å²) in [5.74, 6) is 0. The molecule has 1 aromatic heterocycles. The van der Waals surface area contributed by atoms with E-state index in [1.165, 1.54) is 30.3 Å². The lowest BCUT2D eigenvalue weighted by Gasteiger charge is -2.07. The van der Waals surface area contributed by atoms with Crippen molar-refractivity contribution in [3.8, 4) is 0 Å². The van der Waals surface area contributed by atoms with Gasteiger partial charge < -0.3 is 10.2 Å². The van der Waals surface area contributed by atoms with Gasteiger partial charge in [0.2, 0.25) is 10.0 Å². The molecule has 0 aliphatic carbocycles. The van der Waals surface area contributed by atoms with Crippen LogP contribution in [-0.4, -0.2) is 21.5 Å². The highest BCUT2D eigenvalue weighted by atomic mass is 32.2. The molecule has 1 heterocycles. The minimum atomic E-state index is -3.55. The Morgan fingerprint density at radius 3 is 2.70 bits per heavy atom. The van der Waals surface area contributed by atoms with E-state index in [0.717, 1.165) is 6.42 Å². The highest BCUT2D eigenvalue weighted by Crippen LogP contribution is 2.17. The molecule has 2 aromatic rings. The first-order valence-electron chi connectivity index (χ1n) is 6.26. The van der Waals surface area contributed by atoms with Gasteiger partial charge in [-0.15, -0.1) is 0 Å². The van der Waals surface area contributed by atoms with Gasteiger partial charge in [-0.3, -0.25) is 0 Å². The minimum absolute atomic E-state index is 0.145. The Morgan fingerprint density at radius 2 is 1.95 bits per heavy atom. The van der Waals surface area contributed by atoms with Crippen LogP contribution in [0.25, 0.3) is 11.0 Å². The number of sulfonamides is 1. The van der Waals surface area contributed by atoms with Crippen LogP contribution in [0.5, 0.6) is 0 Å². The molecule has 6 nitrogen and oxygen atoms in total. The lowest BCUT2D eigenvalue weighted by molar-refractivity contribution is 0.560. The Hall–Kier alpha value is -1.70. The van der Waals surface area contributed by atoms with E-state index in [9.17, 15) is 13.2 Å². The molecular formula is C13H16N2O4S. The second-order valence-electron chi connectivity index (χ2n) is 4.35. The van der Waals surface area contributed by atoms with Gasteiger partial charge in [0.05, 0.1) is 4.90 Å². The first-order chi connectivity index (χ1) is 9.53. The van der Waals surface area contributed by atoms with Gasteiger partial charge in [0.1, 0.15) is 5.58 Å². The van der Waals surface area contributed by atoms with Crippen LogP contribution < -0.4 is 16.1 Å². The summed E-state index contributed by atoms with van der Waals surface area (Å²) in [5.41, 5.74) is 5.25. The summed E-state index contributed by atoms with van der Waals surface area (Å²) in [7, 11) is -3.55. The molecule has 0 bridgehead atoms. The molecule has 3 N–H and O–H groups in total. The van der Waals surface area contributed by atoms with Gasteiger partial charge in [0.15, 0.2) is 0 Å². The van der Waals surface area contributed by atoms with Crippen LogP contribution in [0.2, 0.25) is 0 Å². The average molecular weight is 296 g/mol. The van der Waals surface area contributed by atoms with E-state index in [0.29, 0.717) is 30.5 Å². The Kier molecular flexibility index (Phi) is 4.53. The van der Waals surface area contributed by atoms with Crippen molar-refractivity contribution in [2.45, 2.75) is 17.7 Å². The van der Waals surface area contributed by atoms with E-state index in [1.807, 2.05) is 0 Å². The van der Waals surface area contributed by atoms with E-state index < -0.39 is 15.6 Å². The third-order valence-electron chi connectivity index (χ3n) is 2.82. The van der Waals surface area contributed by atoms with Crippen molar-refractivity contribution in [1.29, 1.82) is 0 Å². The van der Waals surface area contributed by atoms with Crippen molar-refractivity contribution >= 4 is 21.0 Å². The van der Waals surface area contributed by atoms with E-state index >= 15 is 0 Å². The maximum absolute atomic E-state index is 12.1. The van der Waals surface area contributed by atoms with Gasteiger partial charge in [0.25, 0.3) is 0 Å². The van der Waals surface area contributed by atoms with Gasteiger partial charge in [-0.05, 0) is 43.7 Å². The van der Waals surface area contributed by atoms with Crippen LogP contribution in [-0.2, 0) is 10.0 Å². The normalized spacial score (nSPS) is 11.8. The van der Waals surface area contributed by atoms with E-state index in [-0.39, 0.29) is 4.90 Å². The molecule has 0 atom stereocenters. The molecular weight excluding hydrogens is 280 g/mol. The van der Waals surface area contributed by atoms with Crippen molar-refractivity contribution in [2.75, 3.05) is 13.1 Å². The average Bonchev–Trinajstić information content (AvgIpc) is 2.43. The predicted octanol–water partition coefficient (Wildman–Crippen LogP) is 0.810. The molecule has 1 aromatic carbocycles. The summed E-state index contributed by atoms with van der Waals surface area (Å²) in [4.78, 5) is 11.2. The van der Waals surface area contributed by atoms with E-state index in [4.69, 9.17) is 10.2 Å². The minimum Gasteiger partial charge on any atom is -0.423 e. The van der Waals surface area contributed by atoms with E-state index in [2.05, 4.69) is 4.72 Å². The maximum Gasteiger partial charge on any atom is 0.336 e.